The van der Waals surface area contributed by atoms with Gasteiger partial charge in [-0.1, -0.05) is 12.1 Å². The zero-order valence-corrected chi connectivity index (χ0v) is 10.8. The highest BCUT2D eigenvalue weighted by atomic mass is 32.2. The van der Waals surface area contributed by atoms with E-state index in [-0.39, 0.29) is 11.7 Å². The third kappa shape index (κ3) is 2.88. The molecule has 2 rings (SSSR count). The Hall–Kier alpha value is -1.40. The van der Waals surface area contributed by atoms with Crippen molar-refractivity contribution in [1.29, 1.82) is 0 Å². The number of sulfone groups is 1. The van der Waals surface area contributed by atoms with Crippen LogP contribution in [-0.4, -0.2) is 38.0 Å². The molecule has 6 heteroatoms. The molecule has 1 unspecified atom stereocenters. The Balaban J connectivity index is 2.30. The predicted octanol–water partition coefficient (Wildman–Crippen LogP) is 0.0505. The third-order valence-corrected chi connectivity index (χ3v) is 3.83. The number of benzene rings is 1. The number of amides is 1. The molecule has 2 N–H and O–H groups in total. The van der Waals surface area contributed by atoms with Gasteiger partial charge in [0, 0.05) is 18.4 Å². The fourth-order valence-corrected chi connectivity index (χ4v) is 2.79. The highest BCUT2D eigenvalue weighted by Crippen LogP contribution is 2.21. The van der Waals surface area contributed by atoms with Crippen LogP contribution < -0.4 is 5.32 Å². The van der Waals surface area contributed by atoms with Crippen molar-refractivity contribution in [2.24, 2.45) is 0 Å². The molecule has 0 spiro atoms. The Morgan fingerprint density at radius 2 is 2.17 bits per heavy atom. The van der Waals surface area contributed by atoms with E-state index in [2.05, 4.69) is 5.32 Å². The summed E-state index contributed by atoms with van der Waals surface area (Å²) in [7, 11) is -3.26. The second-order valence-electron chi connectivity index (χ2n) is 4.53. The maximum absolute atomic E-state index is 11.6. The molecule has 0 bridgehead atoms. The van der Waals surface area contributed by atoms with E-state index in [1.54, 1.807) is 18.2 Å². The van der Waals surface area contributed by atoms with Gasteiger partial charge in [0.2, 0.25) is 0 Å². The average Bonchev–Trinajstić information content (AvgIpc) is 2.27. The highest BCUT2D eigenvalue weighted by molar-refractivity contribution is 7.90. The van der Waals surface area contributed by atoms with Crippen molar-refractivity contribution in [3.63, 3.8) is 0 Å². The first-order chi connectivity index (χ1) is 8.37. The molecule has 0 saturated heterocycles. The number of carbonyl (C=O) groups excluding carboxylic acids is 1. The van der Waals surface area contributed by atoms with E-state index in [0.717, 1.165) is 18.2 Å². The lowest BCUT2D eigenvalue weighted by Gasteiger charge is -2.18. The van der Waals surface area contributed by atoms with E-state index in [9.17, 15) is 18.3 Å². The van der Waals surface area contributed by atoms with Gasteiger partial charge in [0.15, 0.2) is 0 Å². The normalized spacial score (nSPS) is 16.9. The molecular weight excluding hydrogens is 254 g/mol. The SMILES string of the molecule is CS(=O)(=O)CC(O)c1ccc2c(c1)C(=O)NCC2. The van der Waals surface area contributed by atoms with Crippen LogP contribution in [0.15, 0.2) is 18.2 Å². The van der Waals surface area contributed by atoms with E-state index in [4.69, 9.17) is 0 Å². The van der Waals surface area contributed by atoms with Crippen LogP contribution in [0.5, 0.6) is 0 Å². The van der Waals surface area contributed by atoms with Gasteiger partial charge in [-0.15, -0.1) is 0 Å². The molecule has 1 heterocycles. The minimum absolute atomic E-state index is 0.176. The molecule has 0 aromatic heterocycles. The lowest BCUT2D eigenvalue weighted by molar-refractivity contribution is 0.0945. The fourth-order valence-electron chi connectivity index (χ4n) is 2.02. The highest BCUT2D eigenvalue weighted by Gasteiger charge is 2.20. The van der Waals surface area contributed by atoms with Crippen molar-refractivity contribution in [2.75, 3.05) is 18.6 Å². The van der Waals surface area contributed by atoms with Gasteiger partial charge in [-0.25, -0.2) is 8.42 Å². The van der Waals surface area contributed by atoms with Gasteiger partial charge in [0.1, 0.15) is 9.84 Å². The van der Waals surface area contributed by atoms with E-state index >= 15 is 0 Å². The summed E-state index contributed by atoms with van der Waals surface area (Å²) >= 11 is 0. The summed E-state index contributed by atoms with van der Waals surface area (Å²) < 4.78 is 22.3. The topological polar surface area (TPSA) is 83.5 Å². The third-order valence-electron chi connectivity index (χ3n) is 2.90. The molecule has 5 nitrogen and oxygen atoms in total. The van der Waals surface area contributed by atoms with Gasteiger partial charge in [-0.05, 0) is 23.6 Å². The van der Waals surface area contributed by atoms with Crippen molar-refractivity contribution in [1.82, 2.24) is 5.32 Å². The molecule has 0 fully saturated rings. The number of hydrogen-bond donors (Lipinski definition) is 2. The quantitative estimate of drug-likeness (QED) is 0.812. The molecule has 1 aliphatic rings. The van der Waals surface area contributed by atoms with Gasteiger partial charge in [0.05, 0.1) is 11.9 Å². The van der Waals surface area contributed by atoms with Crippen molar-refractivity contribution < 1.29 is 18.3 Å². The molecule has 1 aliphatic heterocycles. The summed E-state index contributed by atoms with van der Waals surface area (Å²) in [5.41, 5.74) is 1.90. The summed E-state index contributed by atoms with van der Waals surface area (Å²) in [5, 5.41) is 12.5. The predicted molar refractivity (Wildman–Crippen MR) is 67.1 cm³/mol. The van der Waals surface area contributed by atoms with Gasteiger partial charge < -0.3 is 10.4 Å². The second kappa shape index (κ2) is 4.70. The number of aliphatic hydroxyl groups excluding tert-OH is 1. The van der Waals surface area contributed by atoms with Gasteiger partial charge in [-0.3, -0.25) is 4.79 Å². The van der Waals surface area contributed by atoms with Crippen LogP contribution in [0.1, 0.15) is 27.6 Å². The molecule has 1 amide bonds. The summed E-state index contributed by atoms with van der Waals surface area (Å²) in [6.07, 6.45) is 0.727. The molecule has 98 valence electrons. The zero-order chi connectivity index (χ0) is 13.3. The Kier molecular flexibility index (Phi) is 3.41. The maximum Gasteiger partial charge on any atom is 0.251 e. The van der Waals surface area contributed by atoms with Crippen molar-refractivity contribution in [2.45, 2.75) is 12.5 Å². The van der Waals surface area contributed by atoms with Crippen molar-refractivity contribution >= 4 is 15.7 Å². The Morgan fingerprint density at radius 3 is 2.83 bits per heavy atom. The van der Waals surface area contributed by atoms with E-state index in [1.807, 2.05) is 0 Å². The number of rotatable bonds is 3. The fraction of sp³-hybridized carbons (Fsp3) is 0.417. The Bertz CT molecular complexity index is 580. The molecule has 0 radical (unpaired) electrons. The standard InChI is InChI=1S/C12H15NO4S/c1-18(16,17)7-11(14)9-3-2-8-4-5-13-12(15)10(8)6-9/h2-3,6,11,14H,4-5,7H2,1H3,(H,13,15). The molecule has 1 aromatic carbocycles. The molecule has 0 saturated carbocycles. The minimum atomic E-state index is -3.26. The van der Waals surface area contributed by atoms with Crippen LogP contribution in [0.4, 0.5) is 0 Å². The summed E-state index contributed by atoms with van der Waals surface area (Å²) in [6.45, 7) is 0.608. The number of carbonyl (C=O) groups is 1. The van der Waals surface area contributed by atoms with Crippen LogP contribution in [0.25, 0.3) is 0 Å². The van der Waals surface area contributed by atoms with E-state index < -0.39 is 15.9 Å². The van der Waals surface area contributed by atoms with Gasteiger partial charge in [0.25, 0.3) is 5.91 Å². The van der Waals surface area contributed by atoms with Crippen molar-refractivity contribution in [3.05, 3.63) is 34.9 Å². The molecule has 1 atom stereocenters. The number of aliphatic hydroxyl groups is 1. The second-order valence-corrected chi connectivity index (χ2v) is 6.72. The van der Waals surface area contributed by atoms with Crippen LogP contribution in [-0.2, 0) is 16.3 Å². The largest absolute Gasteiger partial charge is 0.387 e. The number of fused-ring (bicyclic) bond motifs is 1. The minimum Gasteiger partial charge on any atom is -0.387 e. The van der Waals surface area contributed by atoms with Crippen LogP contribution in [0, 0.1) is 0 Å². The maximum atomic E-state index is 11.6. The molecule has 0 aliphatic carbocycles. The Morgan fingerprint density at radius 1 is 1.44 bits per heavy atom. The van der Waals surface area contributed by atoms with Gasteiger partial charge in [-0.2, -0.15) is 0 Å². The van der Waals surface area contributed by atoms with Crippen LogP contribution >= 0.6 is 0 Å². The molecule has 18 heavy (non-hydrogen) atoms. The van der Waals surface area contributed by atoms with E-state index in [0.29, 0.717) is 17.7 Å². The van der Waals surface area contributed by atoms with Crippen molar-refractivity contribution in [3.8, 4) is 0 Å². The first kappa shape index (κ1) is 13.0. The number of hydrogen-bond acceptors (Lipinski definition) is 4. The lowest BCUT2D eigenvalue weighted by atomic mass is 9.96. The van der Waals surface area contributed by atoms with Crippen LogP contribution in [0.2, 0.25) is 0 Å². The Labute approximate surface area is 106 Å². The first-order valence-electron chi connectivity index (χ1n) is 5.63. The average molecular weight is 269 g/mol. The summed E-state index contributed by atoms with van der Waals surface area (Å²) in [4.78, 5) is 11.6. The van der Waals surface area contributed by atoms with Gasteiger partial charge >= 0.3 is 0 Å². The molecule has 1 aromatic rings. The lowest BCUT2D eigenvalue weighted by Crippen LogP contribution is -2.32. The van der Waals surface area contributed by atoms with E-state index in [1.165, 1.54) is 0 Å². The summed E-state index contributed by atoms with van der Waals surface area (Å²) in [6, 6.07) is 5.02. The monoisotopic (exact) mass is 269 g/mol. The van der Waals surface area contributed by atoms with Crippen LogP contribution in [0.3, 0.4) is 0 Å². The summed E-state index contributed by atoms with van der Waals surface area (Å²) in [5.74, 6) is -0.516. The zero-order valence-electron chi connectivity index (χ0n) is 10.0. The molecular formula is C12H15NO4S. The number of nitrogens with one attached hydrogen (secondary N) is 1. The first-order valence-corrected chi connectivity index (χ1v) is 7.70. The smallest absolute Gasteiger partial charge is 0.251 e.